The summed E-state index contributed by atoms with van der Waals surface area (Å²) in [4.78, 5) is 14.9. The maximum atomic E-state index is 12.5. The highest BCUT2D eigenvalue weighted by molar-refractivity contribution is 7.08. The summed E-state index contributed by atoms with van der Waals surface area (Å²) in [6, 6.07) is 0.293. The van der Waals surface area contributed by atoms with Crippen LogP contribution in [0.4, 0.5) is 0 Å². The molecular weight excluding hydrogens is 250 g/mol. The maximum Gasteiger partial charge on any atom is 0.267 e. The van der Waals surface area contributed by atoms with E-state index in [9.17, 15) is 4.79 Å². The van der Waals surface area contributed by atoms with Crippen LogP contribution in [0.3, 0.4) is 0 Å². The number of hydrogen-bond acceptors (Lipinski definition) is 5. The number of amides is 1. The fourth-order valence-corrected chi connectivity index (χ4v) is 2.82. The van der Waals surface area contributed by atoms with Gasteiger partial charge in [-0.05, 0) is 37.2 Å². The highest BCUT2D eigenvalue weighted by Gasteiger charge is 2.31. The molecule has 0 bridgehead atoms. The van der Waals surface area contributed by atoms with Crippen molar-refractivity contribution in [2.45, 2.75) is 45.1 Å². The minimum Gasteiger partial charge on any atom is -0.395 e. The standard InChI is InChI=1S/C12H19N3O2S/c1-2-4-10-11(18-14-13-10)12(17)15(7-8-16)9-5-3-6-9/h9,16H,2-8H2,1H3. The number of rotatable bonds is 6. The molecule has 1 saturated carbocycles. The largest absolute Gasteiger partial charge is 0.395 e. The quantitative estimate of drug-likeness (QED) is 0.849. The van der Waals surface area contributed by atoms with Gasteiger partial charge < -0.3 is 10.0 Å². The molecule has 0 radical (unpaired) electrons. The third kappa shape index (κ3) is 2.70. The molecule has 18 heavy (non-hydrogen) atoms. The van der Waals surface area contributed by atoms with Crippen molar-refractivity contribution in [1.29, 1.82) is 0 Å². The fourth-order valence-electron chi connectivity index (χ4n) is 2.16. The van der Waals surface area contributed by atoms with Gasteiger partial charge in [-0.15, -0.1) is 5.10 Å². The minimum absolute atomic E-state index is 0.00722. The van der Waals surface area contributed by atoms with E-state index >= 15 is 0 Å². The van der Waals surface area contributed by atoms with Gasteiger partial charge in [-0.3, -0.25) is 4.79 Å². The first kappa shape index (κ1) is 13.4. The third-order valence-corrected chi connectivity index (χ3v) is 4.11. The minimum atomic E-state index is -0.00722. The van der Waals surface area contributed by atoms with E-state index in [2.05, 4.69) is 16.5 Å². The average molecular weight is 269 g/mol. The highest BCUT2D eigenvalue weighted by atomic mass is 32.1. The van der Waals surface area contributed by atoms with Gasteiger partial charge in [0.2, 0.25) is 0 Å². The van der Waals surface area contributed by atoms with E-state index in [1.807, 2.05) is 0 Å². The van der Waals surface area contributed by atoms with Crippen molar-refractivity contribution in [2.24, 2.45) is 0 Å². The van der Waals surface area contributed by atoms with Gasteiger partial charge in [0.05, 0.1) is 12.3 Å². The Kier molecular flexibility index (Phi) is 4.66. The summed E-state index contributed by atoms with van der Waals surface area (Å²) < 4.78 is 3.89. The molecule has 1 fully saturated rings. The first-order chi connectivity index (χ1) is 8.77. The van der Waals surface area contributed by atoms with Gasteiger partial charge in [0.1, 0.15) is 4.88 Å². The van der Waals surface area contributed by atoms with Crippen LogP contribution in [0.1, 0.15) is 48.0 Å². The zero-order valence-corrected chi connectivity index (χ0v) is 11.4. The van der Waals surface area contributed by atoms with Crippen LogP contribution in [0.5, 0.6) is 0 Å². The number of aromatic nitrogens is 2. The molecule has 1 heterocycles. The van der Waals surface area contributed by atoms with Crippen molar-refractivity contribution >= 4 is 17.4 Å². The number of hydrogen-bond donors (Lipinski definition) is 1. The number of nitrogens with zero attached hydrogens (tertiary/aromatic N) is 3. The fraction of sp³-hybridized carbons (Fsp3) is 0.750. The monoisotopic (exact) mass is 269 g/mol. The molecule has 2 rings (SSSR count). The van der Waals surface area contributed by atoms with Crippen molar-refractivity contribution in [3.8, 4) is 0 Å². The molecule has 6 heteroatoms. The van der Waals surface area contributed by atoms with Gasteiger partial charge in [0.15, 0.2) is 0 Å². The summed E-state index contributed by atoms with van der Waals surface area (Å²) in [6.45, 7) is 2.48. The van der Waals surface area contributed by atoms with E-state index in [-0.39, 0.29) is 12.5 Å². The van der Waals surface area contributed by atoms with E-state index < -0.39 is 0 Å². The van der Waals surface area contributed by atoms with Gasteiger partial charge in [0, 0.05) is 12.6 Å². The van der Waals surface area contributed by atoms with E-state index in [1.165, 1.54) is 18.0 Å². The zero-order chi connectivity index (χ0) is 13.0. The molecular formula is C12H19N3O2S. The van der Waals surface area contributed by atoms with Crippen LogP contribution in [0.2, 0.25) is 0 Å². The summed E-state index contributed by atoms with van der Waals surface area (Å²) >= 11 is 1.17. The Bertz CT molecular complexity index is 404. The summed E-state index contributed by atoms with van der Waals surface area (Å²) in [5.74, 6) is -0.00722. The van der Waals surface area contributed by atoms with Crippen molar-refractivity contribution in [3.05, 3.63) is 10.6 Å². The number of aliphatic hydroxyl groups is 1. The van der Waals surface area contributed by atoms with Crippen LogP contribution in [0, 0.1) is 0 Å². The second kappa shape index (κ2) is 6.24. The molecule has 0 aliphatic heterocycles. The van der Waals surface area contributed by atoms with E-state index in [1.54, 1.807) is 4.90 Å². The molecule has 0 atom stereocenters. The van der Waals surface area contributed by atoms with Gasteiger partial charge in [-0.25, -0.2) is 0 Å². The summed E-state index contributed by atoms with van der Waals surface area (Å²) in [6.07, 6.45) is 5.00. The first-order valence-corrected chi connectivity index (χ1v) is 7.28. The summed E-state index contributed by atoms with van der Waals surface area (Å²) in [5, 5.41) is 13.1. The normalized spacial score (nSPS) is 15.4. The topological polar surface area (TPSA) is 66.3 Å². The van der Waals surface area contributed by atoms with Gasteiger partial charge in [-0.1, -0.05) is 17.8 Å². The lowest BCUT2D eigenvalue weighted by Crippen LogP contribution is -2.45. The second-order valence-corrected chi connectivity index (χ2v) is 5.36. The Balaban J connectivity index is 2.13. The summed E-state index contributed by atoms with van der Waals surface area (Å²) in [5.41, 5.74) is 0.801. The van der Waals surface area contributed by atoms with E-state index in [4.69, 9.17) is 5.11 Å². The molecule has 0 saturated heterocycles. The van der Waals surface area contributed by atoms with Crippen molar-refractivity contribution in [1.82, 2.24) is 14.5 Å². The van der Waals surface area contributed by atoms with Crippen LogP contribution >= 0.6 is 11.5 Å². The Morgan fingerprint density at radius 3 is 2.89 bits per heavy atom. The summed E-state index contributed by atoms with van der Waals surface area (Å²) in [7, 11) is 0. The smallest absolute Gasteiger partial charge is 0.267 e. The molecule has 0 spiro atoms. The number of carbonyl (C=O) groups is 1. The van der Waals surface area contributed by atoms with Crippen molar-refractivity contribution in [2.75, 3.05) is 13.2 Å². The predicted octanol–water partition coefficient (Wildman–Crippen LogP) is 1.48. The van der Waals surface area contributed by atoms with Crippen LogP contribution in [-0.4, -0.2) is 44.7 Å². The van der Waals surface area contributed by atoms with Gasteiger partial charge in [-0.2, -0.15) is 0 Å². The molecule has 1 aliphatic rings. The molecule has 0 unspecified atom stereocenters. The zero-order valence-electron chi connectivity index (χ0n) is 10.6. The first-order valence-electron chi connectivity index (χ1n) is 6.51. The van der Waals surface area contributed by atoms with Crippen LogP contribution < -0.4 is 0 Å². The van der Waals surface area contributed by atoms with Gasteiger partial charge >= 0.3 is 0 Å². The molecule has 1 aliphatic carbocycles. The van der Waals surface area contributed by atoms with E-state index in [0.717, 1.165) is 31.4 Å². The second-order valence-electron chi connectivity index (χ2n) is 4.61. The van der Waals surface area contributed by atoms with Crippen LogP contribution in [0.15, 0.2) is 0 Å². The number of aliphatic hydroxyl groups excluding tert-OH is 1. The molecule has 1 amide bonds. The highest BCUT2D eigenvalue weighted by Crippen LogP contribution is 2.27. The van der Waals surface area contributed by atoms with Crippen LogP contribution in [0.25, 0.3) is 0 Å². The molecule has 100 valence electrons. The maximum absolute atomic E-state index is 12.5. The molecule has 1 N–H and O–H groups in total. The van der Waals surface area contributed by atoms with Gasteiger partial charge in [0.25, 0.3) is 5.91 Å². The Labute approximate surface area is 111 Å². The molecule has 1 aromatic rings. The van der Waals surface area contributed by atoms with Crippen molar-refractivity contribution < 1.29 is 9.90 Å². The lowest BCUT2D eigenvalue weighted by molar-refractivity contribution is 0.0529. The molecule has 1 aromatic heterocycles. The number of carbonyl (C=O) groups excluding carboxylic acids is 1. The third-order valence-electron chi connectivity index (χ3n) is 3.35. The van der Waals surface area contributed by atoms with E-state index in [0.29, 0.717) is 17.5 Å². The Morgan fingerprint density at radius 2 is 2.33 bits per heavy atom. The molecule has 0 aromatic carbocycles. The molecule has 5 nitrogen and oxygen atoms in total. The van der Waals surface area contributed by atoms with Crippen LogP contribution in [-0.2, 0) is 6.42 Å². The average Bonchev–Trinajstić information content (AvgIpc) is 2.74. The Hall–Kier alpha value is -1.01. The SMILES string of the molecule is CCCc1nnsc1C(=O)N(CCO)C1CCC1. The lowest BCUT2D eigenvalue weighted by atomic mass is 9.91. The Morgan fingerprint density at radius 1 is 1.56 bits per heavy atom. The predicted molar refractivity (Wildman–Crippen MR) is 69.7 cm³/mol. The lowest BCUT2D eigenvalue weighted by Gasteiger charge is -2.37. The van der Waals surface area contributed by atoms with Crippen molar-refractivity contribution in [3.63, 3.8) is 0 Å². The number of aryl methyl sites for hydroxylation is 1.